The maximum Gasteiger partial charge on any atom is 0.188 e. The van der Waals surface area contributed by atoms with Crippen molar-refractivity contribution in [2.45, 2.75) is 32.7 Å². The predicted octanol–water partition coefficient (Wildman–Crippen LogP) is 1.47. The molecule has 0 radical (unpaired) electrons. The highest BCUT2D eigenvalue weighted by atomic mass is 32.1. The topological polar surface area (TPSA) is 63.3 Å². The van der Waals surface area contributed by atoms with E-state index in [1.807, 2.05) is 0 Å². The van der Waals surface area contributed by atoms with Crippen molar-refractivity contribution in [1.29, 1.82) is 0 Å². The van der Waals surface area contributed by atoms with Gasteiger partial charge in [-0.2, -0.15) is 0 Å². The SMILES string of the molecule is CN=C(N)NCc1nc(C(C)(C)C)cs1. The Balaban J connectivity index is 2.62. The molecule has 5 heteroatoms. The Hall–Kier alpha value is -1.10. The highest BCUT2D eigenvalue weighted by molar-refractivity contribution is 7.09. The van der Waals surface area contributed by atoms with Crippen LogP contribution < -0.4 is 11.1 Å². The average molecular weight is 226 g/mol. The molecule has 0 atom stereocenters. The summed E-state index contributed by atoms with van der Waals surface area (Å²) >= 11 is 1.64. The molecule has 0 saturated heterocycles. The third-order valence-electron chi connectivity index (χ3n) is 1.98. The minimum atomic E-state index is 0.110. The Kier molecular flexibility index (Phi) is 3.68. The summed E-state index contributed by atoms with van der Waals surface area (Å²) in [5, 5.41) is 6.12. The van der Waals surface area contributed by atoms with Crippen LogP contribution in [0.1, 0.15) is 31.5 Å². The van der Waals surface area contributed by atoms with Gasteiger partial charge in [-0.1, -0.05) is 20.8 Å². The van der Waals surface area contributed by atoms with Crippen LogP contribution in [-0.2, 0) is 12.0 Å². The second-order valence-electron chi connectivity index (χ2n) is 4.34. The van der Waals surface area contributed by atoms with Crippen LogP contribution in [0.2, 0.25) is 0 Å². The van der Waals surface area contributed by atoms with Gasteiger partial charge in [-0.3, -0.25) is 4.99 Å². The van der Waals surface area contributed by atoms with Gasteiger partial charge in [0.1, 0.15) is 5.01 Å². The average Bonchev–Trinajstić information content (AvgIpc) is 2.61. The summed E-state index contributed by atoms with van der Waals surface area (Å²) in [4.78, 5) is 8.35. The summed E-state index contributed by atoms with van der Waals surface area (Å²) in [5.41, 5.74) is 6.76. The fourth-order valence-electron chi connectivity index (χ4n) is 0.982. The maximum absolute atomic E-state index is 5.53. The lowest BCUT2D eigenvalue weighted by Crippen LogP contribution is -2.30. The van der Waals surface area contributed by atoms with Gasteiger partial charge in [0.05, 0.1) is 12.2 Å². The minimum Gasteiger partial charge on any atom is -0.370 e. The van der Waals surface area contributed by atoms with E-state index in [0.29, 0.717) is 12.5 Å². The molecule has 84 valence electrons. The molecular formula is C10H18N4S. The smallest absolute Gasteiger partial charge is 0.188 e. The van der Waals surface area contributed by atoms with Gasteiger partial charge in [0.15, 0.2) is 5.96 Å². The maximum atomic E-state index is 5.53. The molecule has 0 spiro atoms. The molecule has 15 heavy (non-hydrogen) atoms. The Labute approximate surface area is 94.6 Å². The van der Waals surface area contributed by atoms with Crippen molar-refractivity contribution < 1.29 is 0 Å². The number of hydrogen-bond acceptors (Lipinski definition) is 3. The van der Waals surface area contributed by atoms with E-state index >= 15 is 0 Å². The molecule has 1 rings (SSSR count). The summed E-state index contributed by atoms with van der Waals surface area (Å²) < 4.78 is 0. The molecule has 0 saturated carbocycles. The molecule has 1 heterocycles. The van der Waals surface area contributed by atoms with Crippen LogP contribution in [0.3, 0.4) is 0 Å². The molecule has 0 aliphatic rings. The van der Waals surface area contributed by atoms with Gasteiger partial charge < -0.3 is 11.1 Å². The largest absolute Gasteiger partial charge is 0.370 e. The van der Waals surface area contributed by atoms with Crippen molar-refractivity contribution >= 4 is 17.3 Å². The molecular weight excluding hydrogens is 208 g/mol. The van der Waals surface area contributed by atoms with Gasteiger partial charge >= 0.3 is 0 Å². The Morgan fingerprint density at radius 2 is 2.27 bits per heavy atom. The molecule has 4 nitrogen and oxygen atoms in total. The second-order valence-corrected chi connectivity index (χ2v) is 5.28. The fourth-order valence-corrected chi connectivity index (χ4v) is 1.94. The lowest BCUT2D eigenvalue weighted by molar-refractivity contribution is 0.570. The van der Waals surface area contributed by atoms with E-state index < -0.39 is 0 Å². The Morgan fingerprint density at radius 3 is 2.73 bits per heavy atom. The van der Waals surface area contributed by atoms with E-state index in [1.165, 1.54) is 0 Å². The number of thiazole rings is 1. The van der Waals surface area contributed by atoms with E-state index in [9.17, 15) is 0 Å². The molecule has 0 aliphatic carbocycles. The van der Waals surface area contributed by atoms with Crippen LogP contribution in [0.4, 0.5) is 0 Å². The third kappa shape index (κ3) is 3.51. The zero-order chi connectivity index (χ0) is 11.5. The van der Waals surface area contributed by atoms with E-state index in [-0.39, 0.29) is 5.41 Å². The van der Waals surface area contributed by atoms with Crippen molar-refractivity contribution in [2.75, 3.05) is 7.05 Å². The van der Waals surface area contributed by atoms with Crippen molar-refractivity contribution in [3.63, 3.8) is 0 Å². The second kappa shape index (κ2) is 4.61. The van der Waals surface area contributed by atoms with Crippen molar-refractivity contribution in [1.82, 2.24) is 10.3 Å². The molecule has 0 fully saturated rings. The third-order valence-corrected chi connectivity index (χ3v) is 2.83. The standard InChI is InChI=1S/C10H18N4S/c1-10(2,3)7-6-15-8(14-7)5-13-9(11)12-4/h6H,5H2,1-4H3,(H3,11,12,13). The summed E-state index contributed by atoms with van der Waals surface area (Å²) in [7, 11) is 1.66. The van der Waals surface area contributed by atoms with Gasteiger partial charge in [0.2, 0.25) is 0 Å². The van der Waals surface area contributed by atoms with E-state index in [4.69, 9.17) is 5.73 Å². The van der Waals surface area contributed by atoms with Crippen LogP contribution in [0.15, 0.2) is 10.4 Å². The first-order chi connectivity index (χ1) is 6.93. The van der Waals surface area contributed by atoms with Crippen LogP contribution in [-0.4, -0.2) is 18.0 Å². The highest BCUT2D eigenvalue weighted by Crippen LogP contribution is 2.23. The van der Waals surface area contributed by atoms with Crippen molar-refractivity contribution in [3.8, 4) is 0 Å². The molecule has 0 aromatic carbocycles. The van der Waals surface area contributed by atoms with Gasteiger partial charge in [0, 0.05) is 17.8 Å². The first-order valence-electron chi connectivity index (χ1n) is 4.84. The minimum absolute atomic E-state index is 0.110. The van der Waals surface area contributed by atoms with E-state index in [1.54, 1.807) is 18.4 Å². The van der Waals surface area contributed by atoms with Gasteiger partial charge in [0.25, 0.3) is 0 Å². The predicted molar refractivity (Wildman–Crippen MR) is 65.2 cm³/mol. The van der Waals surface area contributed by atoms with E-state index in [2.05, 4.69) is 41.4 Å². The summed E-state index contributed by atoms with van der Waals surface area (Å²) in [6.07, 6.45) is 0. The molecule has 0 bridgehead atoms. The zero-order valence-corrected chi connectivity index (χ0v) is 10.5. The Bertz CT molecular complexity index is 349. The molecule has 3 N–H and O–H groups in total. The summed E-state index contributed by atoms with van der Waals surface area (Å²) in [5.74, 6) is 0.447. The lowest BCUT2D eigenvalue weighted by Gasteiger charge is -2.14. The summed E-state index contributed by atoms with van der Waals surface area (Å²) in [6, 6.07) is 0. The fraction of sp³-hybridized carbons (Fsp3) is 0.600. The van der Waals surface area contributed by atoms with Gasteiger partial charge in [-0.15, -0.1) is 11.3 Å². The Morgan fingerprint density at radius 1 is 1.60 bits per heavy atom. The van der Waals surface area contributed by atoms with E-state index in [0.717, 1.165) is 10.7 Å². The number of aromatic nitrogens is 1. The van der Waals surface area contributed by atoms with Crippen LogP contribution in [0.25, 0.3) is 0 Å². The number of nitrogens with two attached hydrogens (primary N) is 1. The summed E-state index contributed by atoms with van der Waals surface area (Å²) in [6.45, 7) is 7.10. The molecule has 0 unspecified atom stereocenters. The van der Waals surface area contributed by atoms with Crippen LogP contribution >= 0.6 is 11.3 Å². The first-order valence-corrected chi connectivity index (χ1v) is 5.72. The molecule has 1 aromatic heterocycles. The number of rotatable bonds is 2. The van der Waals surface area contributed by atoms with Crippen molar-refractivity contribution in [3.05, 3.63) is 16.1 Å². The first kappa shape index (κ1) is 12.0. The van der Waals surface area contributed by atoms with Crippen LogP contribution in [0, 0.1) is 0 Å². The zero-order valence-electron chi connectivity index (χ0n) is 9.66. The number of nitrogens with zero attached hydrogens (tertiary/aromatic N) is 2. The number of aliphatic imine (C=N–C) groups is 1. The number of nitrogens with one attached hydrogen (secondary N) is 1. The normalized spacial score (nSPS) is 12.9. The van der Waals surface area contributed by atoms with Crippen molar-refractivity contribution in [2.24, 2.45) is 10.7 Å². The van der Waals surface area contributed by atoms with Gasteiger partial charge in [-0.25, -0.2) is 4.98 Å². The molecule has 0 aliphatic heterocycles. The molecule has 1 aromatic rings. The number of hydrogen-bond donors (Lipinski definition) is 2. The van der Waals surface area contributed by atoms with Gasteiger partial charge in [-0.05, 0) is 0 Å². The lowest BCUT2D eigenvalue weighted by atomic mass is 9.93. The highest BCUT2D eigenvalue weighted by Gasteiger charge is 2.17. The molecule has 0 amide bonds. The van der Waals surface area contributed by atoms with Crippen LogP contribution in [0.5, 0.6) is 0 Å². The number of guanidine groups is 1. The monoisotopic (exact) mass is 226 g/mol. The quantitative estimate of drug-likeness (QED) is 0.593.